The largest absolute Gasteiger partial charge is 0.337 e. The second-order valence-electron chi connectivity index (χ2n) is 6.42. The highest BCUT2D eigenvalue weighted by atomic mass is 35.5. The normalized spacial score (nSPS) is 17.3. The molecule has 1 amide bonds. The summed E-state index contributed by atoms with van der Waals surface area (Å²) in [6, 6.07) is 9.98. The van der Waals surface area contributed by atoms with E-state index in [9.17, 15) is 10.1 Å². The summed E-state index contributed by atoms with van der Waals surface area (Å²) >= 11 is 6.15. The molecule has 1 N–H and O–H groups in total. The third-order valence-electron chi connectivity index (χ3n) is 4.36. The molecule has 0 saturated heterocycles. The average molecular weight is 334 g/mol. The van der Waals surface area contributed by atoms with E-state index in [1.807, 2.05) is 36.2 Å². The number of hydrogen-bond acceptors (Lipinski definition) is 3. The minimum Gasteiger partial charge on any atom is -0.337 e. The number of carbonyl (C=O) groups is 1. The first-order valence-electron chi connectivity index (χ1n) is 8.19. The Labute approximate surface area is 143 Å². The number of nitriles is 1. The number of benzene rings is 1. The van der Waals surface area contributed by atoms with Gasteiger partial charge in [-0.1, -0.05) is 55.5 Å². The number of nitrogens with one attached hydrogen (secondary N) is 1. The first kappa shape index (κ1) is 17.8. The summed E-state index contributed by atoms with van der Waals surface area (Å²) < 4.78 is 0. The van der Waals surface area contributed by atoms with Crippen LogP contribution in [0.15, 0.2) is 24.3 Å². The van der Waals surface area contributed by atoms with Crippen LogP contribution in [0, 0.1) is 11.3 Å². The Bertz CT molecular complexity index is 574. The standard InChI is InChI=1S/C18H24ClN3O/c1-22(12-15-8-4-5-9-16(15)19)13-17(23)21-18(14-20)10-6-2-3-7-11-18/h4-5,8-9H,2-3,6-7,10-13H2,1H3,(H,21,23). The molecule has 5 heteroatoms. The smallest absolute Gasteiger partial charge is 0.235 e. The van der Waals surface area contributed by atoms with E-state index in [-0.39, 0.29) is 12.5 Å². The van der Waals surface area contributed by atoms with E-state index in [4.69, 9.17) is 11.6 Å². The number of likely N-dealkylation sites (N-methyl/N-ethyl adjacent to an activating group) is 1. The van der Waals surface area contributed by atoms with E-state index in [1.165, 1.54) is 0 Å². The predicted octanol–water partition coefficient (Wildman–Crippen LogP) is 3.50. The summed E-state index contributed by atoms with van der Waals surface area (Å²) in [5.41, 5.74) is 0.313. The summed E-state index contributed by atoms with van der Waals surface area (Å²) in [6.45, 7) is 0.862. The zero-order valence-corrected chi connectivity index (χ0v) is 14.4. The molecule has 0 heterocycles. The highest BCUT2D eigenvalue weighted by molar-refractivity contribution is 6.31. The van der Waals surface area contributed by atoms with E-state index >= 15 is 0 Å². The molecule has 124 valence electrons. The van der Waals surface area contributed by atoms with E-state index < -0.39 is 5.54 Å². The van der Waals surface area contributed by atoms with Crippen molar-refractivity contribution in [3.8, 4) is 6.07 Å². The van der Waals surface area contributed by atoms with Gasteiger partial charge in [0.15, 0.2) is 0 Å². The third kappa shape index (κ3) is 5.23. The van der Waals surface area contributed by atoms with Crippen molar-refractivity contribution in [2.45, 2.75) is 50.6 Å². The molecule has 1 aliphatic carbocycles. The van der Waals surface area contributed by atoms with Gasteiger partial charge >= 0.3 is 0 Å². The molecule has 4 nitrogen and oxygen atoms in total. The van der Waals surface area contributed by atoms with E-state index in [0.717, 1.165) is 44.1 Å². The fourth-order valence-electron chi connectivity index (χ4n) is 3.12. The molecule has 1 aromatic rings. The molecular weight excluding hydrogens is 310 g/mol. The number of carbonyl (C=O) groups excluding carboxylic acids is 1. The molecule has 0 aromatic heterocycles. The average Bonchev–Trinajstić information content (AvgIpc) is 2.75. The van der Waals surface area contributed by atoms with Crippen molar-refractivity contribution >= 4 is 17.5 Å². The van der Waals surface area contributed by atoms with E-state index in [0.29, 0.717) is 11.6 Å². The molecule has 23 heavy (non-hydrogen) atoms. The Morgan fingerprint density at radius 3 is 2.57 bits per heavy atom. The number of rotatable bonds is 5. The summed E-state index contributed by atoms with van der Waals surface area (Å²) in [7, 11) is 1.88. The van der Waals surface area contributed by atoms with Gasteiger partial charge in [0.1, 0.15) is 5.54 Å². The van der Waals surface area contributed by atoms with Gasteiger partial charge < -0.3 is 5.32 Å². The maximum atomic E-state index is 12.3. The molecule has 1 fully saturated rings. The van der Waals surface area contributed by atoms with Crippen molar-refractivity contribution in [2.75, 3.05) is 13.6 Å². The second kappa shape index (κ2) is 8.33. The van der Waals surface area contributed by atoms with Crippen LogP contribution in [0.5, 0.6) is 0 Å². The van der Waals surface area contributed by atoms with Gasteiger partial charge in [0.25, 0.3) is 0 Å². The Kier molecular flexibility index (Phi) is 6.44. The van der Waals surface area contributed by atoms with Crippen LogP contribution in [-0.2, 0) is 11.3 Å². The second-order valence-corrected chi connectivity index (χ2v) is 6.83. The van der Waals surface area contributed by atoms with Crippen molar-refractivity contribution in [3.05, 3.63) is 34.9 Å². The number of hydrogen-bond donors (Lipinski definition) is 1. The number of nitrogens with zero attached hydrogens (tertiary/aromatic N) is 2. The highest BCUT2D eigenvalue weighted by Gasteiger charge is 2.32. The van der Waals surface area contributed by atoms with Gasteiger partial charge in [-0.15, -0.1) is 0 Å². The summed E-state index contributed by atoms with van der Waals surface area (Å²) in [5, 5.41) is 13.2. The molecule has 0 atom stereocenters. The molecule has 0 aliphatic heterocycles. The predicted molar refractivity (Wildman–Crippen MR) is 92.0 cm³/mol. The Hall–Kier alpha value is -1.57. The van der Waals surface area contributed by atoms with E-state index in [1.54, 1.807) is 0 Å². The van der Waals surface area contributed by atoms with Gasteiger partial charge in [0.2, 0.25) is 5.91 Å². The van der Waals surface area contributed by atoms with Crippen LogP contribution in [0.25, 0.3) is 0 Å². The summed E-state index contributed by atoms with van der Waals surface area (Å²) in [4.78, 5) is 14.3. The van der Waals surface area contributed by atoms with Gasteiger partial charge in [-0.05, 0) is 31.5 Å². The highest BCUT2D eigenvalue weighted by Crippen LogP contribution is 2.26. The molecule has 1 saturated carbocycles. The Morgan fingerprint density at radius 2 is 1.96 bits per heavy atom. The van der Waals surface area contributed by atoms with Crippen LogP contribution in [0.2, 0.25) is 5.02 Å². The van der Waals surface area contributed by atoms with Gasteiger partial charge in [-0.25, -0.2) is 0 Å². The van der Waals surface area contributed by atoms with Crippen molar-refractivity contribution in [3.63, 3.8) is 0 Å². The molecule has 2 rings (SSSR count). The van der Waals surface area contributed by atoms with Crippen LogP contribution >= 0.6 is 11.6 Å². The van der Waals surface area contributed by atoms with E-state index in [2.05, 4.69) is 11.4 Å². The molecule has 0 bridgehead atoms. The van der Waals surface area contributed by atoms with Crippen LogP contribution < -0.4 is 5.32 Å². The molecule has 0 unspecified atom stereocenters. The number of halogens is 1. The first-order valence-corrected chi connectivity index (χ1v) is 8.57. The Balaban J connectivity index is 1.90. The lowest BCUT2D eigenvalue weighted by molar-refractivity contribution is -0.123. The lowest BCUT2D eigenvalue weighted by atomic mass is 9.92. The Morgan fingerprint density at radius 1 is 1.30 bits per heavy atom. The SMILES string of the molecule is CN(CC(=O)NC1(C#N)CCCCCC1)Cc1ccccc1Cl. The zero-order valence-electron chi connectivity index (χ0n) is 13.6. The summed E-state index contributed by atoms with van der Waals surface area (Å²) in [6.07, 6.45) is 5.80. The number of amides is 1. The van der Waals surface area contributed by atoms with Crippen LogP contribution in [0.1, 0.15) is 44.1 Å². The van der Waals surface area contributed by atoms with Crippen LogP contribution in [0.4, 0.5) is 0 Å². The fourth-order valence-corrected chi connectivity index (χ4v) is 3.32. The maximum absolute atomic E-state index is 12.3. The maximum Gasteiger partial charge on any atom is 0.235 e. The summed E-state index contributed by atoms with van der Waals surface area (Å²) in [5.74, 6) is -0.0944. The topological polar surface area (TPSA) is 56.1 Å². The van der Waals surface area contributed by atoms with Crippen molar-refractivity contribution in [1.82, 2.24) is 10.2 Å². The zero-order chi connectivity index (χ0) is 16.7. The molecule has 1 aromatic carbocycles. The van der Waals surface area contributed by atoms with Crippen molar-refractivity contribution in [2.24, 2.45) is 0 Å². The minimum absolute atomic E-state index is 0.0944. The molecular formula is C18H24ClN3O. The van der Waals surface area contributed by atoms with Gasteiger partial charge in [0, 0.05) is 11.6 Å². The first-order chi connectivity index (χ1) is 11.0. The van der Waals surface area contributed by atoms with Gasteiger partial charge in [0.05, 0.1) is 12.6 Å². The van der Waals surface area contributed by atoms with Crippen LogP contribution in [0.3, 0.4) is 0 Å². The van der Waals surface area contributed by atoms with Gasteiger partial charge in [-0.3, -0.25) is 9.69 Å². The molecule has 0 spiro atoms. The molecule has 1 aliphatic rings. The fraction of sp³-hybridized carbons (Fsp3) is 0.556. The van der Waals surface area contributed by atoms with Crippen molar-refractivity contribution in [1.29, 1.82) is 5.26 Å². The lowest BCUT2D eigenvalue weighted by Crippen LogP contribution is -2.49. The minimum atomic E-state index is -0.682. The molecule has 0 radical (unpaired) electrons. The lowest BCUT2D eigenvalue weighted by Gasteiger charge is -2.27. The monoisotopic (exact) mass is 333 g/mol. The van der Waals surface area contributed by atoms with Crippen molar-refractivity contribution < 1.29 is 4.79 Å². The quantitative estimate of drug-likeness (QED) is 0.839. The van der Waals surface area contributed by atoms with Gasteiger partial charge in [-0.2, -0.15) is 5.26 Å². The third-order valence-corrected chi connectivity index (χ3v) is 4.73. The van der Waals surface area contributed by atoms with Crippen LogP contribution in [-0.4, -0.2) is 29.9 Å².